The largest absolute Gasteiger partial charge is 0.456 e. The SMILES string of the molecule is c1ccc(-c2cccc3c2oc2cccc(C4N=C(c5ccc(-c6cccc7ccccc67)cc5)N=C(c5cccc6oc7ccccc7c56)N4)c23)cc1. The molecule has 254 valence electrons. The van der Waals surface area contributed by atoms with Crippen LogP contribution < -0.4 is 5.32 Å². The van der Waals surface area contributed by atoms with Gasteiger partial charge in [-0.1, -0.05) is 158 Å². The van der Waals surface area contributed by atoms with Crippen LogP contribution in [0.25, 0.3) is 76.9 Å². The summed E-state index contributed by atoms with van der Waals surface area (Å²) < 4.78 is 13.0. The van der Waals surface area contributed by atoms with Crippen LogP contribution in [-0.4, -0.2) is 11.7 Å². The third-order valence-corrected chi connectivity index (χ3v) is 10.6. The number of aliphatic imine (C=N–C) groups is 2. The van der Waals surface area contributed by atoms with Crippen LogP contribution in [0.1, 0.15) is 22.9 Å². The van der Waals surface area contributed by atoms with Crippen molar-refractivity contribution in [3.63, 3.8) is 0 Å². The van der Waals surface area contributed by atoms with Gasteiger partial charge in [0, 0.05) is 43.8 Å². The first-order valence-corrected chi connectivity index (χ1v) is 18.2. The molecule has 0 spiro atoms. The third kappa shape index (κ3) is 4.86. The highest BCUT2D eigenvalue weighted by molar-refractivity contribution is 6.22. The van der Waals surface area contributed by atoms with E-state index in [0.29, 0.717) is 5.84 Å². The van der Waals surface area contributed by atoms with Crippen LogP contribution >= 0.6 is 0 Å². The van der Waals surface area contributed by atoms with E-state index in [2.05, 4.69) is 133 Å². The Morgan fingerprint density at radius 1 is 0.426 bits per heavy atom. The van der Waals surface area contributed by atoms with E-state index in [-0.39, 0.29) is 0 Å². The number of nitrogens with zero attached hydrogens (tertiary/aromatic N) is 2. The van der Waals surface area contributed by atoms with Crippen molar-refractivity contribution in [2.75, 3.05) is 0 Å². The number of amidine groups is 2. The molecule has 0 aliphatic carbocycles. The predicted octanol–water partition coefficient (Wildman–Crippen LogP) is 12.5. The van der Waals surface area contributed by atoms with Gasteiger partial charge in [0.15, 0.2) is 5.84 Å². The summed E-state index contributed by atoms with van der Waals surface area (Å²) in [6, 6.07) is 60.9. The highest BCUT2D eigenvalue weighted by Gasteiger charge is 2.27. The fourth-order valence-electron chi connectivity index (χ4n) is 8.07. The summed E-state index contributed by atoms with van der Waals surface area (Å²) in [5.41, 5.74) is 10.7. The van der Waals surface area contributed by atoms with E-state index in [0.717, 1.165) is 83.1 Å². The molecule has 11 rings (SSSR count). The normalized spacial score (nSPS) is 14.5. The molecule has 0 amide bonds. The summed E-state index contributed by atoms with van der Waals surface area (Å²) in [7, 11) is 0. The molecule has 0 radical (unpaired) electrons. The molecular formula is C49H31N3O2. The Balaban J connectivity index is 1.09. The second-order valence-corrected chi connectivity index (χ2v) is 13.7. The van der Waals surface area contributed by atoms with Crippen molar-refractivity contribution in [3.8, 4) is 22.3 Å². The molecule has 54 heavy (non-hydrogen) atoms. The van der Waals surface area contributed by atoms with Gasteiger partial charge in [-0.05, 0) is 45.7 Å². The van der Waals surface area contributed by atoms with Gasteiger partial charge in [-0.2, -0.15) is 0 Å². The molecule has 8 aromatic carbocycles. The summed E-state index contributed by atoms with van der Waals surface area (Å²) in [4.78, 5) is 10.6. The second-order valence-electron chi connectivity index (χ2n) is 13.7. The molecule has 1 aliphatic heterocycles. The topological polar surface area (TPSA) is 63.0 Å². The molecule has 1 N–H and O–H groups in total. The van der Waals surface area contributed by atoms with Gasteiger partial charge in [0.1, 0.15) is 34.3 Å². The number of benzene rings is 8. The number of furan rings is 2. The van der Waals surface area contributed by atoms with Crippen molar-refractivity contribution >= 4 is 66.3 Å². The number of fused-ring (bicyclic) bond motifs is 7. The first-order chi connectivity index (χ1) is 26.8. The van der Waals surface area contributed by atoms with E-state index >= 15 is 0 Å². The Labute approximate surface area is 310 Å². The van der Waals surface area contributed by atoms with Crippen molar-refractivity contribution in [3.05, 3.63) is 193 Å². The first kappa shape index (κ1) is 30.4. The zero-order valence-electron chi connectivity index (χ0n) is 29.0. The fourth-order valence-corrected chi connectivity index (χ4v) is 8.07. The lowest BCUT2D eigenvalue weighted by atomic mass is 9.97. The average molecular weight is 694 g/mol. The summed E-state index contributed by atoms with van der Waals surface area (Å²) >= 11 is 0. The molecule has 3 heterocycles. The maximum Gasteiger partial charge on any atom is 0.159 e. The molecule has 0 bridgehead atoms. The number of para-hydroxylation sites is 2. The molecule has 10 aromatic rings. The Morgan fingerprint density at radius 3 is 1.93 bits per heavy atom. The van der Waals surface area contributed by atoms with Crippen LogP contribution in [-0.2, 0) is 0 Å². The first-order valence-electron chi connectivity index (χ1n) is 18.2. The van der Waals surface area contributed by atoms with E-state index < -0.39 is 6.17 Å². The Hall–Kier alpha value is -7.24. The summed E-state index contributed by atoms with van der Waals surface area (Å²) in [6.45, 7) is 0. The molecule has 2 aromatic heterocycles. The molecule has 5 nitrogen and oxygen atoms in total. The lowest BCUT2D eigenvalue weighted by molar-refractivity contribution is 0.663. The molecule has 0 fully saturated rings. The van der Waals surface area contributed by atoms with Gasteiger partial charge in [0.2, 0.25) is 0 Å². The predicted molar refractivity (Wildman–Crippen MR) is 221 cm³/mol. The number of hydrogen-bond acceptors (Lipinski definition) is 5. The molecule has 0 saturated carbocycles. The van der Waals surface area contributed by atoms with Gasteiger partial charge in [0.05, 0.1) is 0 Å². The fraction of sp³-hybridized carbons (Fsp3) is 0.0204. The highest BCUT2D eigenvalue weighted by atomic mass is 16.3. The summed E-state index contributed by atoms with van der Waals surface area (Å²) in [6.07, 6.45) is -0.455. The van der Waals surface area contributed by atoms with Gasteiger partial charge in [-0.25, -0.2) is 9.98 Å². The van der Waals surface area contributed by atoms with Crippen molar-refractivity contribution in [2.45, 2.75) is 6.17 Å². The second kappa shape index (κ2) is 12.2. The van der Waals surface area contributed by atoms with Gasteiger partial charge >= 0.3 is 0 Å². The third-order valence-electron chi connectivity index (χ3n) is 10.6. The minimum Gasteiger partial charge on any atom is -0.456 e. The Bertz CT molecular complexity index is 3130. The van der Waals surface area contributed by atoms with E-state index in [1.165, 1.54) is 16.3 Å². The lowest BCUT2D eigenvalue weighted by Gasteiger charge is -2.24. The molecule has 1 aliphatic rings. The highest BCUT2D eigenvalue weighted by Crippen LogP contribution is 2.40. The standard InChI is InChI=1S/C49H31N3O2/c1-2-12-31(13-3-1)36-19-9-20-38-45-40(22-11-25-43(45)54-46(36)38)49-51-47(33-28-26-32(27-29-33)35-18-8-15-30-14-4-5-16-34(30)35)50-48(52-49)39-21-10-24-42-44(39)37-17-6-7-23-41(37)53-42/h1-29,49H,(H,50,51,52). The number of hydrogen-bond donors (Lipinski definition) is 1. The van der Waals surface area contributed by atoms with E-state index in [4.69, 9.17) is 18.8 Å². The molecule has 0 saturated heterocycles. The Kier molecular flexibility index (Phi) is 6.85. The molecule has 5 heteroatoms. The molecular weight excluding hydrogens is 663 g/mol. The minimum absolute atomic E-state index is 0.455. The monoisotopic (exact) mass is 693 g/mol. The quantitative estimate of drug-likeness (QED) is 0.195. The van der Waals surface area contributed by atoms with E-state index in [9.17, 15) is 0 Å². The zero-order chi connectivity index (χ0) is 35.6. The van der Waals surface area contributed by atoms with Crippen LogP contribution in [0.3, 0.4) is 0 Å². The van der Waals surface area contributed by atoms with Crippen LogP contribution in [0.2, 0.25) is 0 Å². The van der Waals surface area contributed by atoms with Crippen LogP contribution in [0.15, 0.2) is 195 Å². The van der Waals surface area contributed by atoms with E-state index in [1.807, 2.05) is 48.5 Å². The zero-order valence-corrected chi connectivity index (χ0v) is 29.0. The summed E-state index contributed by atoms with van der Waals surface area (Å²) in [5, 5.41) is 10.4. The average Bonchev–Trinajstić information content (AvgIpc) is 3.83. The number of nitrogens with one attached hydrogen (secondary N) is 1. The molecule has 1 atom stereocenters. The van der Waals surface area contributed by atoms with Gasteiger partial charge in [0.25, 0.3) is 0 Å². The lowest BCUT2D eigenvalue weighted by Crippen LogP contribution is -2.33. The van der Waals surface area contributed by atoms with Crippen molar-refractivity contribution < 1.29 is 8.83 Å². The summed E-state index contributed by atoms with van der Waals surface area (Å²) in [5.74, 6) is 1.38. The van der Waals surface area contributed by atoms with Gasteiger partial charge in [-0.3, -0.25) is 0 Å². The Morgan fingerprint density at radius 2 is 1.04 bits per heavy atom. The number of rotatable bonds is 5. The van der Waals surface area contributed by atoms with Crippen molar-refractivity contribution in [1.82, 2.24) is 5.32 Å². The maximum atomic E-state index is 6.65. The van der Waals surface area contributed by atoms with Crippen molar-refractivity contribution in [1.29, 1.82) is 0 Å². The van der Waals surface area contributed by atoms with Gasteiger partial charge in [-0.15, -0.1) is 0 Å². The maximum absolute atomic E-state index is 6.65. The van der Waals surface area contributed by atoms with Crippen LogP contribution in [0, 0.1) is 0 Å². The minimum atomic E-state index is -0.455. The smallest absolute Gasteiger partial charge is 0.159 e. The van der Waals surface area contributed by atoms with Crippen LogP contribution in [0.4, 0.5) is 0 Å². The van der Waals surface area contributed by atoms with E-state index in [1.54, 1.807) is 0 Å². The molecule has 1 unspecified atom stereocenters. The van der Waals surface area contributed by atoms with Gasteiger partial charge < -0.3 is 14.2 Å². The van der Waals surface area contributed by atoms with Crippen molar-refractivity contribution in [2.24, 2.45) is 9.98 Å². The van der Waals surface area contributed by atoms with Crippen LogP contribution in [0.5, 0.6) is 0 Å².